The van der Waals surface area contributed by atoms with Crippen molar-refractivity contribution in [1.29, 1.82) is 0 Å². The molecule has 0 saturated heterocycles. The summed E-state index contributed by atoms with van der Waals surface area (Å²) < 4.78 is 0. The molecule has 0 aromatic heterocycles. The Morgan fingerprint density at radius 1 is 1.50 bits per heavy atom. The summed E-state index contributed by atoms with van der Waals surface area (Å²) in [6, 6.07) is 0. The van der Waals surface area contributed by atoms with Gasteiger partial charge in [-0.25, -0.2) is 0 Å². The van der Waals surface area contributed by atoms with E-state index in [-0.39, 0.29) is 6.61 Å². The molecule has 0 rings (SSSR count). The Morgan fingerprint density at radius 2 is 2.20 bits per heavy atom. The summed E-state index contributed by atoms with van der Waals surface area (Å²) in [7, 11) is 0. The van der Waals surface area contributed by atoms with Gasteiger partial charge in [0.25, 0.3) is 0 Å². The summed E-state index contributed by atoms with van der Waals surface area (Å²) >= 11 is 1.70. The maximum absolute atomic E-state index is 8.89. The molecular weight excluding hydrogens is 148 g/mol. The summed E-state index contributed by atoms with van der Waals surface area (Å²) in [4.78, 5) is 0. The molecule has 0 aromatic carbocycles. The Labute approximate surface area is 66.6 Å². The van der Waals surface area contributed by atoms with Crippen LogP contribution in [0.2, 0.25) is 0 Å². The third-order valence-electron chi connectivity index (χ3n) is 1.16. The Balaban J connectivity index is 2.89. The van der Waals surface area contributed by atoms with Gasteiger partial charge in [-0.1, -0.05) is 13.3 Å². The topological polar surface area (TPSA) is 40.5 Å². The van der Waals surface area contributed by atoms with E-state index in [0.717, 1.165) is 5.75 Å². The average molecular weight is 164 g/mol. The highest BCUT2D eigenvalue weighted by molar-refractivity contribution is 7.99. The molecule has 0 aliphatic heterocycles. The van der Waals surface area contributed by atoms with Crippen LogP contribution in [0, 0.1) is 0 Å². The summed E-state index contributed by atoms with van der Waals surface area (Å²) in [5.41, 5.74) is 0. The van der Waals surface area contributed by atoms with Crippen LogP contribution in [-0.2, 0) is 0 Å². The zero-order valence-corrected chi connectivity index (χ0v) is 7.23. The molecule has 0 aliphatic rings. The highest BCUT2D eigenvalue weighted by atomic mass is 32.2. The molecule has 0 amide bonds. The van der Waals surface area contributed by atoms with Crippen LogP contribution in [0.4, 0.5) is 0 Å². The number of rotatable bonds is 6. The molecule has 0 bridgehead atoms. The van der Waals surface area contributed by atoms with E-state index in [4.69, 9.17) is 10.2 Å². The lowest BCUT2D eigenvalue weighted by atomic mass is 10.4. The van der Waals surface area contributed by atoms with Crippen LogP contribution in [0.15, 0.2) is 0 Å². The lowest BCUT2D eigenvalue weighted by Gasteiger charge is -2.04. The van der Waals surface area contributed by atoms with E-state index in [1.165, 1.54) is 12.8 Å². The smallest absolute Gasteiger partial charge is 0.0861 e. The van der Waals surface area contributed by atoms with E-state index in [1.54, 1.807) is 11.8 Å². The maximum atomic E-state index is 8.89. The van der Waals surface area contributed by atoms with Gasteiger partial charge in [-0.2, -0.15) is 11.8 Å². The summed E-state index contributed by atoms with van der Waals surface area (Å²) in [6.07, 6.45) is 1.87. The fraction of sp³-hybridized carbons (Fsp3) is 1.00. The molecule has 0 radical (unpaired) electrons. The van der Waals surface area contributed by atoms with Crippen LogP contribution in [-0.4, -0.2) is 34.4 Å². The molecule has 10 heavy (non-hydrogen) atoms. The highest BCUT2D eigenvalue weighted by Crippen LogP contribution is 2.05. The van der Waals surface area contributed by atoms with Crippen LogP contribution in [0.3, 0.4) is 0 Å². The Morgan fingerprint density at radius 3 is 2.70 bits per heavy atom. The van der Waals surface area contributed by atoms with E-state index in [1.807, 2.05) is 0 Å². The zero-order valence-electron chi connectivity index (χ0n) is 6.42. The molecule has 0 aromatic rings. The average Bonchev–Trinajstić information content (AvgIpc) is 1.98. The molecule has 62 valence electrons. The SMILES string of the molecule is CCCCSCC(O)CO. The number of unbranched alkanes of at least 4 members (excludes halogenated alkanes) is 1. The number of aliphatic hydroxyl groups is 2. The number of aliphatic hydroxyl groups excluding tert-OH is 2. The van der Waals surface area contributed by atoms with Crippen molar-refractivity contribution in [1.82, 2.24) is 0 Å². The first-order valence-corrected chi connectivity index (χ1v) is 4.83. The predicted octanol–water partition coefficient (Wildman–Crippen LogP) is 0.873. The fourth-order valence-corrected chi connectivity index (χ4v) is 1.56. The van der Waals surface area contributed by atoms with Gasteiger partial charge < -0.3 is 10.2 Å². The number of hydrogen-bond acceptors (Lipinski definition) is 3. The lowest BCUT2D eigenvalue weighted by Crippen LogP contribution is -2.14. The zero-order chi connectivity index (χ0) is 7.82. The third-order valence-corrected chi connectivity index (χ3v) is 2.36. The standard InChI is InChI=1S/C7H16O2S/c1-2-3-4-10-6-7(9)5-8/h7-9H,2-6H2,1H3. The Bertz CT molecular complexity index is 68.6. The predicted molar refractivity (Wildman–Crippen MR) is 45.3 cm³/mol. The molecule has 0 spiro atoms. The van der Waals surface area contributed by atoms with Crippen molar-refractivity contribution in [3.05, 3.63) is 0 Å². The molecule has 1 atom stereocenters. The van der Waals surface area contributed by atoms with Gasteiger partial charge >= 0.3 is 0 Å². The second-order valence-corrected chi connectivity index (χ2v) is 3.41. The fourth-order valence-electron chi connectivity index (χ4n) is 0.518. The largest absolute Gasteiger partial charge is 0.394 e. The highest BCUT2D eigenvalue weighted by Gasteiger charge is 1.99. The normalized spacial score (nSPS) is 13.5. The minimum Gasteiger partial charge on any atom is -0.394 e. The first kappa shape index (κ1) is 10.3. The Kier molecular flexibility index (Phi) is 7.58. The van der Waals surface area contributed by atoms with Gasteiger partial charge in [-0.05, 0) is 12.2 Å². The second kappa shape index (κ2) is 7.38. The van der Waals surface area contributed by atoms with Gasteiger partial charge in [0.2, 0.25) is 0 Å². The molecule has 0 saturated carbocycles. The van der Waals surface area contributed by atoms with Crippen molar-refractivity contribution in [3.63, 3.8) is 0 Å². The van der Waals surface area contributed by atoms with Crippen molar-refractivity contribution < 1.29 is 10.2 Å². The van der Waals surface area contributed by atoms with Gasteiger partial charge in [0.1, 0.15) is 0 Å². The van der Waals surface area contributed by atoms with E-state index in [9.17, 15) is 0 Å². The quantitative estimate of drug-likeness (QED) is 0.572. The Hall–Kier alpha value is 0.270. The first-order chi connectivity index (χ1) is 4.81. The molecule has 0 heterocycles. The van der Waals surface area contributed by atoms with Crippen molar-refractivity contribution in [2.75, 3.05) is 18.1 Å². The van der Waals surface area contributed by atoms with Gasteiger partial charge in [0.05, 0.1) is 12.7 Å². The monoisotopic (exact) mass is 164 g/mol. The van der Waals surface area contributed by atoms with E-state index in [2.05, 4.69) is 6.92 Å². The van der Waals surface area contributed by atoms with Gasteiger partial charge in [0, 0.05) is 5.75 Å². The molecule has 2 nitrogen and oxygen atoms in total. The molecule has 0 aliphatic carbocycles. The van der Waals surface area contributed by atoms with Crippen LogP contribution in [0.5, 0.6) is 0 Å². The maximum Gasteiger partial charge on any atom is 0.0861 e. The summed E-state index contributed by atoms with van der Waals surface area (Å²) in [5.74, 6) is 1.75. The minimum absolute atomic E-state index is 0.112. The minimum atomic E-state index is -0.526. The van der Waals surface area contributed by atoms with Crippen molar-refractivity contribution >= 4 is 11.8 Å². The van der Waals surface area contributed by atoms with Crippen molar-refractivity contribution in [2.45, 2.75) is 25.9 Å². The van der Waals surface area contributed by atoms with Crippen molar-refractivity contribution in [2.24, 2.45) is 0 Å². The van der Waals surface area contributed by atoms with Gasteiger partial charge in [0.15, 0.2) is 0 Å². The van der Waals surface area contributed by atoms with Crippen LogP contribution < -0.4 is 0 Å². The summed E-state index contributed by atoms with van der Waals surface area (Å²) in [6.45, 7) is 2.03. The van der Waals surface area contributed by atoms with E-state index < -0.39 is 6.10 Å². The van der Waals surface area contributed by atoms with Gasteiger partial charge in [-0.3, -0.25) is 0 Å². The lowest BCUT2D eigenvalue weighted by molar-refractivity contribution is 0.113. The molecule has 1 unspecified atom stereocenters. The molecule has 0 fully saturated rings. The second-order valence-electron chi connectivity index (χ2n) is 2.26. The van der Waals surface area contributed by atoms with Crippen molar-refractivity contribution in [3.8, 4) is 0 Å². The first-order valence-electron chi connectivity index (χ1n) is 3.68. The molecular formula is C7H16O2S. The van der Waals surface area contributed by atoms with Gasteiger partial charge in [-0.15, -0.1) is 0 Å². The van der Waals surface area contributed by atoms with Crippen LogP contribution in [0.25, 0.3) is 0 Å². The molecule has 3 heteroatoms. The molecule has 2 N–H and O–H groups in total. The number of thioether (sulfide) groups is 1. The van der Waals surface area contributed by atoms with E-state index in [0.29, 0.717) is 5.75 Å². The van der Waals surface area contributed by atoms with Crippen LogP contribution >= 0.6 is 11.8 Å². The number of hydrogen-bond donors (Lipinski definition) is 2. The third kappa shape index (κ3) is 6.39. The summed E-state index contributed by atoms with van der Waals surface area (Å²) in [5, 5.41) is 17.3. The van der Waals surface area contributed by atoms with Crippen LogP contribution in [0.1, 0.15) is 19.8 Å². The van der Waals surface area contributed by atoms with E-state index >= 15 is 0 Å².